The molecule has 2 atom stereocenters. The van der Waals surface area contributed by atoms with Crippen molar-refractivity contribution in [2.75, 3.05) is 19.8 Å². The molecule has 0 aromatic heterocycles. The van der Waals surface area contributed by atoms with Crippen molar-refractivity contribution in [2.45, 2.75) is 38.6 Å². The molecule has 4 nitrogen and oxygen atoms in total. The van der Waals surface area contributed by atoms with E-state index < -0.39 is 0 Å². The summed E-state index contributed by atoms with van der Waals surface area (Å²) in [5.74, 6) is 0.221. The van der Waals surface area contributed by atoms with Crippen LogP contribution in [0, 0.1) is 5.92 Å². The second-order valence-electron chi connectivity index (χ2n) is 4.92. The Morgan fingerprint density at radius 1 is 1.53 bits per heavy atom. The first kappa shape index (κ1) is 14.2. The predicted octanol–water partition coefficient (Wildman–Crippen LogP) is 1.21. The maximum atomic E-state index is 11.8. The van der Waals surface area contributed by atoms with Crippen LogP contribution in [-0.4, -0.2) is 31.7 Å². The van der Waals surface area contributed by atoms with Gasteiger partial charge in [-0.05, 0) is 26.2 Å². The molecule has 1 aliphatic rings. The lowest BCUT2D eigenvalue weighted by Crippen LogP contribution is -2.38. The molecule has 4 heteroatoms. The van der Waals surface area contributed by atoms with E-state index >= 15 is 0 Å². The van der Waals surface area contributed by atoms with Crippen LogP contribution in [0.3, 0.4) is 0 Å². The fourth-order valence-electron chi connectivity index (χ4n) is 2.10. The van der Waals surface area contributed by atoms with Crippen molar-refractivity contribution in [3.05, 3.63) is 12.2 Å². The molecule has 0 aliphatic heterocycles. The van der Waals surface area contributed by atoms with Crippen molar-refractivity contribution >= 4 is 5.91 Å². The summed E-state index contributed by atoms with van der Waals surface area (Å²) in [4.78, 5) is 11.8. The Balaban J connectivity index is 2.10. The summed E-state index contributed by atoms with van der Waals surface area (Å²) in [5.41, 5.74) is 6.85. The van der Waals surface area contributed by atoms with Crippen LogP contribution >= 0.6 is 0 Å². The average molecular weight is 240 g/mol. The van der Waals surface area contributed by atoms with Gasteiger partial charge < -0.3 is 15.8 Å². The molecule has 17 heavy (non-hydrogen) atoms. The van der Waals surface area contributed by atoms with E-state index in [0.717, 1.165) is 31.3 Å². The highest BCUT2D eigenvalue weighted by Crippen LogP contribution is 2.22. The van der Waals surface area contributed by atoms with E-state index in [0.29, 0.717) is 19.8 Å². The molecular weight excluding hydrogens is 216 g/mol. The van der Waals surface area contributed by atoms with Crippen LogP contribution in [0.1, 0.15) is 32.6 Å². The smallest absolute Gasteiger partial charge is 0.223 e. The number of nitrogens with two attached hydrogens (primary N) is 1. The third kappa shape index (κ3) is 5.84. The molecule has 0 saturated heterocycles. The van der Waals surface area contributed by atoms with Gasteiger partial charge in [0.05, 0.1) is 13.2 Å². The summed E-state index contributed by atoms with van der Waals surface area (Å²) < 4.78 is 5.31. The van der Waals surface area contributed by atoms with Gasteiger partial charge in [-0.2, -0.15) is 0 Å². The Hall–Kier alpha value is -0.870. The van der Waals surface area contributed by atoms with Crippen molar-refractivity contribution in [1.29, 1.82) is 0 Å². The number of carbonyl (C=O) groups excluding carboxylic acids is 1. The summed E-state index contributed by atoms with van der Waals surface area (Å²) in [6, 6.07) is 0.194. The zero-order valence-electron chi connectivity index (χ0n) is 10.7. The van der Waals surface area contributed by atoms with Crippen LogP contribution in [0.5, 0.6) is 0 Å². The molecule has 1 aliphatic carbocycles. The maximum absolute atomic E-state index is 11.8. The minimum Gasteiger partial charge on any atom is -0.375 e. The molecule has 0 bridgehead atoms. The first-order valence-electron chi connectivity index (χ1n) is 6.35. The lowest BCUT2D eigenvalue weighted by molar-refractivity contribution is -0.126. The molecule has 1 rings (SSSR count). The number of hydrogen-bond acceptors (Lipinski definition) is 3. The van der Waals surface area contributed by atoms with Gasteiger partial charge in [-0.1, -0.05) is 18.6 Å². The molecule has 1 saturated carbocycles. The molecule has 2 unspecified atom stereocenters. The van der Waals surface area contributed by atoms with Gasteiger partial charge in [-0.3, -0.25) is 4.79 Å². The molecule has 0 aromatic rings. The molecule has 0 spiro atoms. The molecule has 1 amide bonds. The Morgan fingerprint density at radius 2 is 2.29 bits per heavy atom. The van der Waals surface area contributed by atoms with Crippen molar-refractivity contribution < 1.29 is 9.53 Å². The number of nitrogens with one attached hydrogen (secondary N) is 1. The summed E-state index contributed by atoms with van der Waals surface area (Å²) in [7, 11) is 0. The van der Waals surface area contributed by atoms with E-state index in [4.69, 9.17) is 10.5 Å². The maximum Gasteiger partial charge on any atom is 0.223 e. The fraction of sp³-hybridized carbons (Fsp3) is 0.769. The fourth-order valence-corrected chi connectivity index (χ4v) is 2.10. The number of rotatable bonds is 6. The van der Waals surface area contributed by atoms with Crippen LogP contribution in [-0.2, 0) is 9.53 Å². The first-order chi connectivity index (χ1) is 8.09. The van der Waals surface area contributed by atoms with E-state index in [1.165, 1.54) is 0 Å². The Kier molecular flexibility index (Phi) is 6.22. The quantitative estimate of drug-likeness (QED) is 0.542. The first-order valence-corrected chi connectivity index (χ1v) is 6.35. The van der Waals surface area contributed by atoms with Gasteiger partial charge in [-0.25, -0.2) is 0 Å². The van der Waals surface area contributed by atoms with Crippen molar-refractivity contribution in [1.82, 2.24) is 5.32 Å². The molecule has 3 N–H and O–H groups in total. The largest absolute Gasteiger partial charge is 0.375 e. The Morgan fingerprint density at radius 3 is 2.94 bits per heavy atom. The average Bonchev–Trinajstić information content (AvgIpc) is 2.28. The highest BCUT2D eigenvalue weighted by atomic mass is 16.5. The van der Waals surface area contributed by atoms with Gasteiger partial charge in [0.1, 0.15) is 0 Å². The lowest BCUT2D eigenvalue weighted by atomic mass is 9.85. The van der Waals surface area contributed by atoms with E-state index in [1.54, 1.807) is 0 Å². The molecular formula is C13H24N2O2. The van der Waals surface area contributed by atoms with Gasteiger partial charge in [0.15, 0.2) is 0 Å². The van der Waals surface area contributed by atoms with Gasteiger partial charge in [-0.15, -0.1) is 0 Å². The number of amides is 1. The number of carbonyl (C=O) groups is 1. The summed E-state index contributed by atoms with van der Waals surface area (Å²) in [5, 5.41) is 2.90. The van der Waals surface area contributed by atoms with Crippen molar-refractivity contribution in [3.63, 3.8) is 0 Å². The predicted molar refractivity (Wildman–Crippen MR) is 68.6 cm³/mol. The van der Waals surface area contributed by atoms with Crippen LogP contribution in [0.25, 0.3) is 0 Å². The van der Waals surface area contributed by atoms with Crippen LogP contribution < -0.4 is 11.1 Å². The molecule has 0 heterocycles. The van der Waals surface area contributed by atoms with Gasteiger partial charge in [0.2, 0.25) is 5.91 Å². The van der Waals surface area contributed by atoms with Crippen LogP contribution in [0.4, 0.5) is 0 Å². The highest BCUT2D eigenvalue weighted by Gasteiger charge is 2.24. The Bertz CT molecular complexity index is 266. The summed E-state index contributed by atoms with van der Waals surface area (Å²) in [6.07, 6.45) is 3.89. The molecule has 98 valence electrons. The minimum absolute atomic E-state index is 0.0971. The minimum atomic E-state index is 0.0971. The van der Waals surface area contributed by atoms with Gasteiger partial charge >= 0.3 is 0 Å². The molecule has 0 radical (unpaired) electrons. The van der Waals surface area contributed by atoms with Crippen molar-refractivity contribution in [2.24, 2.45) is 11.7 Å². The number of ether oxygens (including phenoxy) is 1. The standard InChI is InChI=1S/C13H24N2O2/c1-10(2)9-17-7-6-15-13(16)11-4-3-5-12(14)8-11/h11-12H,1,3-9,14H2,2H3,(H,15,16). The van der Waals surface area contributed by atoms with Gasteiger partial charge in [0, 0.05) is 18.5 Å². The SMILES string of the molecule is C=C(C)COCCNC(=O)C1CCCC(N)C1. The second-order valence-corrected chi connectivity index (χ2v) is 4.92. The monoisotopic (exact) mass is 240 g/mol. The zero-order valence-corrected chi connectivity index (χ0v) is 10.7. The molecule has 1 fully saturated rings. The van der Waals surface area contributed by atoms with E-state index in [1.807, 2.05) is 6.92 Å². The zero-order chi connectivity index (χ0) is 12.7. The van der Waals surface area contributed by atoms with Crippen LogP contribution in [0.2, 0.25) is 0 Å². The lowest BCUT2D eigenvalue weighted by Gasteiger charge is -2.25. The van der Waals surface area contributed by atoms with E-state index in [2.05, 4.69) is 11.9 Å². The van der Waals surface area contributed by atoms with E-state index in [9.17, 15) is 4.79 Å². The van der Waals surface area contributed by atoms with E-state index in [-0.39, 0.29) is 17.9 Å². The topological polar surface area (TPSA) is 64.3 Å². The summed E-state index contributed by atoms with van der Waals surface area (Å²) in [6.45, 7) is 7.33. The second kappa shape index (κ2) is 7.45. The number of hydrogen-bond donors (Lipinski definition) is 2. The third-order valence-electron chi connectivity index (χ3n) is 2.98. The third-order valence-corrected chi connectivity index (χ3v) is 2.98. The molecule has 0 aromatic carbocycles. The van der Waals surface area contributed by atoms with Crippen molar-refractivity contribution in [3.8, 4) is 0 Å². The van der Waals surface area contributed by atoms with Crippen LogP contribution in [0.15, 0.2) is 12.2 Å². The normalized spacial score (nSPS) is 24.4. The Labute approximate surface area is 104 Å². The van der Waals surface area contributed by atoms with Gasteiger partial charge in [0.25, 0.3) is 0 Å². The summed E-state index contributed by atoms with van der Waals surface area (Å²) >= 11 is 0. The highest BCUT2D eigenvalue weighted by molar-refractivity contribution is 5.78.